The van der Waals surface area contributed by atoms with Crippen molar-refractivity contribution in [1.82, 2.24) is 0 Å². The highest BCUT2D eigenvalue weighted by atomic mass is 32.2. The lowest BCUT2D eigenvalue weighted by Crippen LogP contribution is -2.14. The van der Waals surface area contributed by atoms with E-state index in [9.17, 15) is 4.55 Å². The maximum absolute atomic E-state index is 11.0. The highest BCUT2D eigenvalue weighted by Crippen LogP contribution is 2.18. The summed E-state index contributed by atoms with van der Waals surface area (Å²) in [6.07, 6.45) is 1.39. The summed E-state index contributed by atoms with van der Waals surface area (Å²) in [5.41, 5.74) is 0. The van der Waals surface area contributed by atoms with Crippen molar-refractivity contribution in [2.45, 2.75) is 26.4 Å². The van der Waals surface area contributed by atoms with E-state index in [1.807, 2.05) is 13.8 Å². The lowest BCUT2D eigenvalue weighted by atomic mass is 10.1. The Hall–Kier alpha value is 0.270. The molecule has 0 radical (unpaired) electrons. The largest absolute Gasteiger partial charge is 0.616 e. The van der Waals surface area contributed by atoms with Crippen molar-refractivity contribution in [3.8, 4) is 0 Å². The van der Waals surface area contributed by atoms with Crippen LogP contribution in [0.25, 0.3) is 0 Å². The molecule has 0 spiro atoms. The SMILES string of the molecule is CC(C)OCC1CC[S+]([O-])C1. The molecule has 0 bridgehead atoms. The first kappa shape index (κ1) is 9.36. The minimum atomic E-state index is -0.548. The highest BCUT2D eigenvalue weighted by molar-refractivity contribution is 7.91. The van der Waals surface area contributed by atoms with Crippen LogP contribution in [0.15, 0.2) is 0 Å². The van der Waals surface area contributed by atoms with Crippen molar-refractivity contribution < 1.29 is 9.29 Å². The summed E-state index contributed by atoms with van der Waals surface area (Å²) in [6, 6.07) is 0. The van der Waals surface area contributed by atoms with Crippen LogP contribution in [0.1, 0.15) is 20.3 Å². The highest BCUT2D eigenvalue weighted by Gasteiger charge is 2.26. The Morgan fingerprint density at radius 3 is 2.82 bits per heavy atom. The fourth-order valence-corrected chi connectivity index (χ4v) is 2.74. The zero-order valence-electron chi connectivity index (χ0n) is 7.21. The average Bonchev–Trinajstić information content (AvgIpc) is 2.31. The first-order valence-electron chi connectivity index (χ1n) is 4.15. The molecule has 0 saturated carbocycles. The molecule has 0 aromatic rings. The third-order valence-electron chi connectivity index (χ3n) is 1.84. The van der Waals surface area contributed by atoms with Gasteiger partial charge in [-0.15, -0.1) is 0 Å². The molecular weight excluding hydrogens is 160 g/mol. The van der Waals surface area contributed by atoms with Crippen molar-refractivity contribution in [1.29, 1.82) is 0 Å². The second-order valence-electron chi connectivity index (χ2n) is 3.35. The van der Waals surface area contributed by atoms with E-state index in [0.29, 0.717) is 12.0 Å². The third-order valence-corrected chi connectivity index (χ3v) is 3.37. The van der Waals surface area contributed by atoms with Crippen molar-refractivity contribution in [2.24, 2.45) is 5.92 Å². The zero-order valence-corrected chi connectivity index (χ0v) is 8.02. The van der Waals surface area contributed by atoms with Gasteiger partial charge in [0.2, 0.25) is 0 Å². The van der Waals surface area contributed by atoms with Crippen LogP contribution >= 0.6 is 0 Å². The molecule has 0 aromatic heterocycles. The predicted octanol–water partition coefficient (Wildman–Crippen LogP) is 1.18. The first-order valence-corrected chi connectivity index (χ1v) is 5.64. The number of hydrogen-bond acceptors (Lipinski definition) is 2. The fraction of sp³-hybridized carbons (Fsp3) is 1.00. The lowest BCUT2D eigenvalue weighted by Gasteiger charge is -2.10. The standard InChI is InChI=1S/C8H16O2S/c1-7(2)10-5-8-3-4-11(9)6-8/h7-8H,3-6H2,1-2H3. The summed E-state index contributed by atoms with van der Waals surface area (Å²) in [5.74, 6) is 2.29. The molecule has 1 fully saturated rings. The normalized spacial score (nSPS) is 31.6. The second-order valence-corrected chi connectivity index (χ2v) is 4.97. The Balaban J connectivity index is 2.08. The van der Waals surface area contributed by atoms with E-state index in [4.69, 9.17) is 4.74 Å². The summed E-state index contributed by atoms with van der Waals surface area (Å²) in [7, 11) is 0. The number of hydrogen-bond donors (Lipinski definition) is 0. The van der Waals surface area contributed by atoms with Crippen LogP contribution in [0.3, 0.4) is 0 Å². The van der Waals surface area contributed by atoms with Crippen LogP contribution in [0.5, 0.6) is 0 Å². The van der Waals surface area contributed by atoms with E-state index in [1.165, 1.54) is 0 Å². The van der Waals surface area contributed by atoms with E-state index in [-0.39, 0.29) is 0 Å². The molecule has 1 saturated heterocycles. The van der Waals surface area contributed by atoms with Gasteiger partial charge in [0.1, 0.15) is 11.5 Å². The van der Waals surface area contributed by atoms with Gasteiger partial charge in [-0.05, 0) is 13.8 Å². The molecule has 2 atom stereocenters. The van der Waals surface area contributed by atoms with Gasteiger partial charge >= 0.3 is 0 Å². The molecule has 0 aromatic carbocycles. The average molecular weight is 176 g/mol. The summed E-state index contributed by atoms with van der Waals surface area (Å²) in [5, 5.41) is 0. The Morgan fingerprint density at radius 1 is 1.64 bits per heavy atom. The van der Waals surface area contributed by atoms with Gasteiger partial charge < -0.3 is 9.29 Å². The number of rotatable bonds is 3. The molecule has 2 nitrogen and oxygen atoms in total. The summed E-state index contributed by atoms with van der Waals surface area (Å²) >= 11 is -0.548. The van der Waals surface area contributed by atoms with Crippen molar-refractivity contribution in [3.63, 3.8) is 0 Å². The zero-order chi connectivity index (χ0) is 8.27. The van der Waals surface area contributed by atoms with Crippen LogP contribution in [0.2, 0.25) is 0 Å². The fourth-order valence-electron chi connectivity index (χ4n) is 1.19. The maximum Gasteiger partial charge on any atom is 0.110 e. The van der Waals surface area contributed by atoms with Crippen LogP contribution < -0.4 is 0 Å². The van der Waals surface area contributed by atoms with E-state index in [1.54, 1.807) is 0 Å². The van der Waals surface area contributed by atoms with Crippen molar-refractivity contribution >= 4 is 11.2 Å². The minimum absolute atomic E-state index is 0.309. The molecule has 1 aliphatic heterocycles. The molecule has 0 amide bonds. The van der Waals surface area contributed by atoms with E-state index in [0.717, 1.165) is 24.5 Å². The molecule has 3 heteroatoms. The summed E-state index contributed by atoms with van der Waals surface area (Å²) in [6.45, 7) is 4.86. The smallest absolute Gasteiger partial charge is 0.110 e. The molecule has 0 N–H and O–H groups in total. The molecule has 1 rings (SSSR count). The van der Waals surface area contributed by atoms with Crippen LogP contribution in [0.4, 0.5) is 0 Å². The molecule has 11 heavy (non-hydrogen) atoms. The Labute approximate surface area is 71.5 Å². The molecule has 1 aliphatic rings. The first-order chi connectivity index (χ1) is 5.18. The van der Waals surface area contributed by atoms with Gasteiger partial charge in [-0.3, -0.25) is 0 Å². The lowest BCUT2D eigenvalue weighted by molar-refractivity contribution is 0.0569. The van der Waals surface area contributed by atoms with Crippen LogP contribution in [-0.2, 0) is 15.9 Å². The van der Waals surface area contributed by atoms with Gasteiger partial charge in [0.15, 0.2) is 0 Å². The van der Waals surface area contributed by atoms with Crippen molar-refractivity contribution in [2.75, 3.05) is 18.1 Å². The van der Waals surface area contributed by atoms with Gasteiger partial charge in [0, 0.05) is 12.3 Å². The summed E-state index contributed by atoms with van der Waals surface area (Å²) in [4.78, 5) is 0. The maximum atomic E-state index is 11.0. The van der Waals surface area contributed by atoms with Gasteiger partial charge in [-0.1, -0.05) is 11.2 Å². The Bertz CT molecular complexity index is 117. The topological polar surface area (TPSA) is 32.3 Å². The Kier molecular flexibility index (Phi) is 3.69. The molecule has 0 aliphatic carbocycles. The van der Waals surface area contributed by atoms with Crippen LogP contribution in [-0.4, -0.2) is 28.8 Å². The summed E-state index contributed by atoms with van der Waals surface area (Å²) < 4.78 is 16.4. The molecule has 66 valence electrons. The molecular formula is C8H16O2S. The van der Waals surface area contributed by atoms with E-state index >= 15 is 0 Å². The number of ether oxygens (including phenoxy) is 1. The molecule has 2 unspecified atom stereocenters. The second kappa shape index (κ2) is 4.33. The quantitative estimate of drug-likeness (QED) is 0.605. The van der Waals surface area contributed by atoms with E-state index in [2.05, 4.69) is 0 Å². The third kappa shape index (κ3) is 3.45. The molecule has 1 heterocycles. The minimum Gasteiger partial charge on any atom is -0.616 e. The monoisotopic (exact) mass is 176 g/mol. The van der Waals surface area contributed by atoms with Crippen LogP contribution in [0, 0.1) is 5.92 Å². The van der Waals surface area contributed by atoms with Gasteiger partial charge in [0.25, 0.3) is 0 Å². The van der Waals surface area contributed by atoms with Gasteiger partial charge in [-0.25, -0.2) is 0 Å². The van der Waals surface area contributed by atoms with Crippen molar-refractivity contribution in [3.05, 3.63) is 0 Å². The van der Waals surface area contributed by atoms with Gasteiger partial charge in [0.05, 0.1) is 12.7 Å². The Morgan fingerprint density at radius 2 is 2.36 bits per heavy atom. The van der Waals surface area contributed by atoms with Gasteiger partial charge in [-0.2, -0.15) is 0 Å². The van der Waals surface area contributed by atoms with E-state index < -0.39 is 11.2 Å². The predicted molar refractivity (Wildman–Crippen MR) is 47.1 cm³/mol.